The van der Waals surface area contributed by atoms with E-state index in [0.717, 1.165) is 36.4 Å². The van der Waals surface area contributed by atoms with Gasteiger partial charge in [0.05, 0.1) is 0 Å². The molecular weight excluding hydrogens is 305 g/mol. The topological polar surface area (TPSA) is 21.7 Å². The second-order valence-corrected chi connectivity index (χ2v) is 6.56. The molecule has 2 heterocycles. The van der Waals surface area contributed by atoms with E-state index in [1.54, 1.807) is 12.1 Å². The van der Waals surface area contributed by atoms with Crippen LogP contribution in [0, 0.1) is 5.82 Å². The first-order valence-electron chi connectivity index (χ1n) is 8.71. The molecule has 0 aliphatic carbocycles. The zero-order valence-corrected chi connectivity index (χ0v) is 13.7. The summed E-state index contributed by atoms with van der Waals surface area (Å²) in [5.74, 6) is 0.407. The fourth-order valence-corrected chi connectivity index (χ4v) is 3.60. The molecule has 1 saturated heterocycles. The maximum absolute atomic E-state index is 13.3. The van der Waals surface area contributed by atoms with Gasteiger partial charge in [-0.05, 0) is 75.3 Å². The summed E-state index contributed by atoms with van der Waals surface area (Å²) in [6.45, 7) is 3.42. The van der Waals surface area contributed by atoms with Crippen molar-refractivity contribution >= 4 is 0 Å². The molecule has 0 saturated carbocycles. The minimum absolute atomic E-state index is 0.249. The molecule has 0 atom stereocenters. The number of hydrogen-bond acceptors (Lipinski definition) is 3. The van der Waals surface area contributed by atoms with Gasteiger partial charge in [-0.3, -0.25) is 0 Å². The van der Waals surface area contributed by atoms with Crippen molar-refractivity contribution in [1.29, 1.82) is 0 Å². The van der Waals surface area contributed by atoms with Gasteiger partial charge >= 0.3 is 0 Å². The molecule has 3 nitrogen and oxygen atoms in total. The lowest BCUT2D eigenvalue weighted by molar-refractivity contribution is -0.0952. The third kappa shape index (κ3) is 2.98. The molecule has 0 radical (unpaired) electrons. The number of rotatable bonds is 5. The Morgan fingerprint density at radius 3 is 2.17 bits per heavy atom. The van der Waals surface area contributed by atoms with E-state index in [1.165, 1.54) is 38.1 Å². The SMILES string of the molecule is Fc1ccc(C2(CCCN3CCCC3)Oc3ccccc3O2)cc1. The van der Waals surface area contributed by atoms with Gasteiger partial charge in [0.15, 0.2) is 11.5 Å². The Labute approximate surface area is 142 Å². The van der Waals surface area contributed by atoms with Crippen LogP contribution in [0.1, 0.15) is 31.2 Å². The van der Waals surface area contributed by atoms with Crippen LogP contribution in [0.25, 0.3) is 0 Å². The number of halogens is 1. The number of likely N-dealkylation sites (tertiary alicyclic amines) is 1. The van der Waals surface area contributed by atoms with Gasteiger partial charge in [0.1, 0.15) is 5.82 Å². The van der Waals surface area contributed by atoms with Crippen molar-refractivity contribution in [2.75, 3.05) is 19.6 Å². The van der Waals surface area contributed by atoms with Crippen molar-refractivity contribution < 1.29 is 13.9 Å². The number of ether oxygens (including phenoxy) is 2. The predicted molar refractivity (Wildman–Crippen MR) is 90.7 cm³/mol. The maximum atomic E-state index is 13.3. The Morgan fingerprint density at radius 1 is 0.917 bits per heavy atom. The van der Waals surface area contributed by atoms with Crippen LogP contribution in [0.3, 0.4) is 0 Å². The molecule has 2 aliphatic heterocycles. The third-order valence-electron chi connectivity index (χ3n) is 4.86. The minimum Gasteiger partial charge on any atom is -0.444 e. The molecule has 1 fully saturated rings. The highest BCUT2D eigenvalue weighted by atomic mass is 19.1. The second kappa shape index (κ2) is 6.44. The highest BCUT2D eigenvalue weighted by Gasteiger charge is 2.43. The third-order valence-corrected chi connectivity index (χ3v) is 4.86. The predicted octanol–water partition coefficient (Wildman–Crippen LogP) is 4.33. The minimum atomic E-state index is -0.850. The molecule has 2 aromatic carbocycles. The van der Waals surface area contributed by atoms with E-state index in [2.05, 4.69) is 4.90 Å². The molecule has 2 aliphatic rings. The molecule has 0 spiro atoms. The normalized spacial score (nSPS) is 18.9. The number of fused-ring (bicyclic) bond motifs is 1. The largest absolute Gasteiger partial charge is 0.444 e. The molecule has 126 valence electrons. The summed E-state index contributed by atoms with van der Waals surface area (Å²) < 4.78 is 25.8. The zero-order valence-electron chi connectivity index (χ0n) is 13.7. The lowest BCUT2D eigenvalue weighted by Gasteiger charge is -2.29. The average molecular weight is 327 g/mol. The molecule has 0 amide bonds. The molecule has 0 N–H and O–H groups in total. The summed E-state index contributed by atoms with van der Waals surface area (Å²) in [6.07, 6.45) is 4.30. The van der Waals surface area contributed by atoms with Gasteiger partial charge in [0.2, 0.25) is 0 Å². The van der Waals surface area contributed by atoms with E-state index >= 15 is 0 Å². The Balaban J connectivity index is 1.55. The van der Waals surface area contributed by atoms with Crippen molar-refractivity contribution in [3.05, 3.63) is 59.9 Å². The number of hydrogen-bond donors (Lipinski definition) is 0. The van der Waals surface area contributed by atoms with E-state index in [0.29, 0.717) is 0 Å². The Hall–Kier alpha value is -2.07. The van der Waals surface area contributed by atoms with Gasteiger partial charge in [-0.15, -0.1) is 0 Å². The van der Waals surface area contributed by atoms with Crippen LogP contribution in [0.15, 0.2) is 48.5 Å². The summed E-state index contributed by atoms with van der Waals surface area (Å²) in [4.78, 5) is 2.49. The summed E-state index contributed by atoms with van der Waals surface area (Å²) in [7, 11) is 0. The van der Waals surface area contributed by atoms with Crippen LogP contribution >= 0.6 is 0 Å². The van der Waals surface area contributed by atoms with Crippen molar-refractivity contribution in [2.24, 2.45) is 0 Å². The van der Waals surface area contributed by atoms with Crippen LogP contribution in [0.4, 0.5) is 4.39 Å². The van der Waals surface area contributed by atoms with E-state index in [4.69, 9.17) is 9.47 Å². The van der Waals surface area contributed by atoms with E-state index in [9.17, 15) is 4.39 Å². The Kier molecular flexibility index (Phi) is 4.15. The van der Waals surface area contributed by atoms with E-state index in [1.807, 2.05) is 24.3 Å². The molecule has 2 aromatic rings. The second-order valence-electron chi connectivity index (χ2n) is 6.56. The maximum Gasteiger partial charge on any atom is 0.278 e. The lowest BCUT2D eigenvalue weighted by Crippen LogP contribution is -2.36. The van der Waals surface area contributed by atoms with Crippen LogP contribution in [0.5, 0.6) is 11.5 Å². The van der Waals surface area contributed by atoms with Gasteiger partial charge in [-0.25, -0.2) is 4.39 Å². The van der Waals surface area contributed by atoms with Gasteiger partial charge in [0, 0.05) is 12.0 Å². The van der Waals surface area contributed by atoms with Gasteiger partial charge < -0.3 is 14.4 Å². The van der Waals surface area contributed by atoms with Crippen LogP contribution in [-0.4, -0.2) is 24.5 Å². The van der Waals surface area contributed by atoms with E-state index < -0.39 is 5.79 Å². The van der Waals surface area contributed by atoms with Crippen LogP contribution in [0.2, 0.25) is 0 Å². The fraction of sp³-hybridized carbons (Fsp3) is 0.400. The van der Waals surface area contributed by atoms with Crippen molar-refractivity contribution in [1.82, 2.24) is 4.90 Å². The van der Waals surface area contributed by atoms with Gasteiger partial charge in [-0.1, -0.05) is 12.1 Å². The number of benzene rings is 2. The molecule has 0 unspecified atom stereocenters. The first-order valence-corrected chi connectivity index (χ1v) is 8.71. The summed E-state index contributed by atoms with van der Waals surface area (Å²) in [5.41, 5.74) is 0.863. The zero-order chi connectivity index (χ0) is 16.4. The van der Waals surface area contributed by atoms with Crippen LogP contribution in [-0.2, 0) is 5.79 Å². The molecule has 4 rings (SSSR count). The molecule has 4 heteroatoms. The molecular formula is C20H22FNO2. The Bertz CT molecular complexity index is 670. The summed E-state index contributed by atoms with van der Waals surface area (Å²) in [6, 6.07) is 14.2. The van der Waals surface area contributed by atoms with E-state index in [-0.39, 0.29) is 5.82 Å². The smallest absolute Gasteiger partial charge is 0.278 e. The first-order chi connectivity index (χ1) is 11.8. The number of nitrogens with zero attached hydrogens (tertiary/aromatic N) is 1. The number of para-hydroxylation sites is 2. The van der Waals surface area contributed by atoms with Crippen molar-refractivity contribution in [2.45, 2.75) is 31.5 Å². The summed E-state index contributed by atoms with van der Waals surface area (Å²) in [5, 5.41) is 0. The standard InChI is InChI=1S/C20H22FNO2/c21-17-10-8-16(9-11-17)20(12-5-15-22-13-3-4-14-22)23-18-6-1-2-7-19(18)24-20/h1-2,6-11H,3-5,12-15H2. The molecule has 0 aromatic heterocycles. The van der Waals surface area contributed by atoms with Crippen molar-refractivity contribution in [3.8, 4) is 11.5 Å². The monoisotopic (exact) mass is 327 g/mol. The van der Waals surface area contributed by atoms with Crippen molar-refractivity contribution in [3.63, 3.8) is 0 Å². The highest BCUT2D eigenvalue weighted by Crippen LogP contribution is 2.46. The fourth-order valence-electron chi connectivity index (χ4n) is 3.60. The first kappa shape index (κ1) is 15.5. The van der Waals surface area contributed by atoms with Crippen LogP contribution < -0.4 is 9.47 Å². The molecule has 24 heavy (non-hydrogen) atoms. The highest BCUT2D eigenvalue weighted by molar-refractivity contribution is 5.44. The summed E-state index contributed by atoms with van der Waals surface area (Å²) >= 11 is 0. The average Bonchev–Trinajstić information content (AvgIpc) is 3.23. The molecule has 0 bridgehead atoms. The quantitative estimate of drug-likeness (QED) is 0.816. The Morgan fingerprint density at radius 2 is 1.54 bits per heavy atom. The lowest BCUT2D eigenvalue weighted by atomic mass is 10.00. The van der Waals surface area contributed by atoms with Gasteiger partial charge in [-0.2, -0.15) is 0 Å². The van der Waals surface area contributed by atoms with Gasteiger partial charge in [0.25, 0.3) is 5.79 Å².